The van der Waals surface area contributed by atoms with Crippen LogP contribution in [-0.4, -0.2) is 64.3 Å². The Bertz CT molecular complexity index is 1030. The van der Waals surface area contributed by atoms with E-state index in [1.807, 2.05) is 19.0 Å². The number of carbonyl (C=O) groups is 2. The molecule has 2 amide bonds. The first kappa shape index (κ1) is 25.7. The number of likely N-dealkylation sites (N-methyl/N-ethyl adjacent to an activating group) is 1. The zero-order valence-corrected chi connectivity index (χ0v) is 20.0. The lowest BCUT2D eigenvalue weighted by atomic mass is 10.1. The van der Waals surface area contributed by atoms with Gasteiger partial charge in [0.2, 0.25) is 0 Å². The van der Waals surface area contributed by atoms with Gasteiger partial charge in [0.25, 0.3) is 5.91 Å². The number of carbonyl (C=O) groups excluding carboxylic acids is 2. The fraction of sp³-hybridized carbons (Fsp3) is 0.391. The van der Waals surface area contributed by atoms with Gasteiger partial charge in [-0.25, -0.2) is 4.79 Å². The molecule has 0 saturated carbocycles. The fourth-order valence-corrected chi connectivity index (χ4v) is 4.82. The first-order chi connectivity index (χ1) is 16.0. The number of hydrogen-bond donors (Lipinski definition) is 1. The van der Waals surface area contributed by atoms with Crippen LogP contribution in [0.15, 0.2) is 47.4 Å². The number of nitrogens with zero attached hydrogens (tertiary/aromatic N) is 2. The molecule has 1 heterocycles. The number of halogens is 3. The average molecular weight is 498 g/mol. The van der Waals surface area contributed by atoms with E-state index in [1.165, 1.54) is 25.1 Å². The first-order valence-electron chi connectivity index (χ1n) is 10.4. The average Bonchev–Trinajstić information content (AvgIpc) is 2.91. The van der Waals surface area contributed by atoms with E-state index in [4.69, 9.17) is 9.47 Å². The Morgan fingerprint density at radius 1 is 1.18 bits per heavy atom. The molecule has 1 N–H and O–H groups in total. The molecule has 0 unspecified atom stereocenters. The number of rotatable bonds is 6. The highest BCUT2D eigenvalue weighted by Gasteiger charge is 2.42. The number of fused-ring (bicyclic) bond motifs is 1. The van der Waals surface area contributed by atoms with E-state index in [2.05, 4.69) is 5.32 Å². The summed E-state index contributed by atoms with van der Waals surface area (Å²) in [5.41, 5.74) is 0.121. The number of nitrogens with one attached hydrogen (secondary N) is 1. The van der Waals surface area contributed by atoms with Gasteiger partial charge in [0.05, 0.1) is 23.6 Å². The van der Waals surface area contributed by atoms with Gasteiger partial charge in [-0.2, -0.15) is 13.2 Å². The third-order valence-electron chi connectivity index (χ3n) is 5.27. The van der Waals surface area contributed by atoms with Gasteiger partial charge in [-0.3, -0.25) is 4.79 Å². The molecule has 0 fully saturated rings. The maximum Gasteiger partial charge on any atom is 0.416 e. The zero-order chi connectivity index (χ0) is 25.0. The topological polar surface area (TPSA) is 71.1 Å². The van der Waals surface area contributed by atoms with Crippen molar-refractivity contribution in [3.05, 3.63) is 53.6 Å². The van der Waals surface area contributed by atoms with Crippen molar-refractivity contribution < 1.29 is 32.2 Å². The molecular weight excluding hydrogens is 471 g/mol. The standard InChI is InChI=1S/C23H26F3N3O4S/c1-27-22(31)33-19-20(14-5-8-16(32-4)9-6-14)34-18-13-15(23(24,25)26)7-10-17(18)29(21(19)30)12-11-28(2)3/h5-10,13,19-20H,11-12H2,1-4H3,(H,27,31)/t19-,20+/m0/s1. The van der Waals surface area contributed by atoms with E-state index in [0.29, 0.717) is 23.5 Å². The third kappa shape index (κ3) is 5.76. The van der Waals surface area contributed by atoms with Crippen LogP contribution in [-0.2, 0) is 15.7 Å². The number of ether oxygens (including phenoxy) is 2. The summed E-state index contributed by atoms with van der Waals surface area (Å²) in [4.78, 5) is 29.4. The monoisotopic (exact) mass is 497 g/mol. The second kappa shape index (κ2) is 10.6. The highest BCUT2D eigenvalue weighted by molar-refractivity contribution is 7.99. The Morgan fingerprint density at radius 3 is 2.41 bits per heavy atom. The molecule has 0 saturated heterocycles. The van der Waals surface area contributed by atoms with Crippen molar-refractivity contribution in [3.8, 4) is 5.75 Å². The van der Waals surface area contributed by atoms with Gasteiger partial charge in [0, 0.05) is 25.0 Å². The number of hydrogen-bond acceptors (Lipinski definition) is 6. The van der Waals surface area contributed by atoms with E-state index in [-0.39, 0.29) is 11.4 Å². The molecule has 2 aromatic rings. The molecule has 184 valence electrons. The predicted octanol–water partition coefficient (Wildman–Crippen LogP) is 4.18. The van der Waals surface area contributed by atoms with Gasteiger partial charge < -0.3 is 24.6 Å². The Balaban J connectivity index is 2.15. The SMILES string of the molecule is CNC(=O)O[C@@H]1C(=O)N(CCN(C)C)c2ccc(C(F)(F)F)cc2S[C@@H]1c1ccc(OC)cc1. The predicted molar refractivity (Wildman–Crippen MR) is 123 cm³/mol. The van der Waals surface area contributed by atoms with Crippen LogP contribution < -0.4 is 15.0 Å². The number of alkyl halides is 3. The van der Waals surface area contributed by atoms with Crippen LogP contribution in [0.5, 0.6) is 5.75 Å². The van der Waals surface area contributed by atoms with Crippen molar-refractivity contribution in [2.24, 2.45) is 0 Å². The van der Waals surface area contributed by atoms with Gasteiger partial charge in [-0.05, 0) is 50.0 Å². The maximum atomic E-state index is 13.7. The summed E-state index contributed by atoms with van der Waals surface area (Å²) < 4.78 is 51.2. The molecule has 2 atom stereocenters. The molecule has 0 radical (unpaired) electrons. The number of benzene rings is 2. The number of alkyl carbamates (subject to hydrolysis) is 1. The summed E-state index contributed by atoms with van der Waals surface area (Å²) in [6.07, 6.45) is -6.64. The van der Waals surface area contributed by atoms with E-state index in [9.17, 15) is 22.8 Å². The van der Waals surface area contributed by atoms with Gasteiger partial charge in [0.1, 0.15) is 5.75 Å². The van der Waals surface area contributed by atoms with Crippen LogP contribution in [0.2, 0.25) is 0 Å². The lowest BCUT2D eigenvalue weighted by molar-refractivity contribution is -0.137. The van der Waals surface area contributed by atoms with Crippen molar-refractivity contribution in [2.45, 2.75) is 22.4 Å². The molecule has 7 nitrogen and oxygen atoms in total. The van der Waals surface area contributed by atoms with Crippen molar-refractivity contribution >= 4 is 29.4 Å². The molecule has 0 spiro atoms. The fourth-order valence-electron chi connectivity index (χ4n) is 3.46. The van der Waals surface area contributed by atoms with Gasteiger partial charge >= 0.3 is 12.3 Å². The molecular formula is C23H26F3N3O4S. The summed E-state index contributed by atoms with van der Waals surface area (Å²) in [6, 6.07) is 10.1. The minimum absolute atomic E-state index is 0.202. The summed E-state index contributed by atoms with van der Waals surface area (Å²) >= 11 is 1.06. The Kier molecular flexibility index (Phi) is 7.98. The minimum Gasteiger partial charge on any atom is -0.497 e. The highest BCUT2D eigenvalue weighted by atomic mass is 32.2. The van der Waals surface area contributed by atoms with Crippen LogP contribution >= 0.6 is 11.8 Å². The second-order valence-electron chi connectivity index (χ2n) is 7.86. The van der Waals surface area contributed by atoms with Crippen molar-refractivity contribution in [3.63, 3.8) is 0 Å². The van der Waals surface area contributed by atoms with Gasteiger partial charge in [-0.1, -0.05) is 12.1 Å². The Morgan fingerprint density at radius 2 is 1.85 bits per heavy atom. The van der Waals surface area contributed by atoms with Crippen molar-refractivity contribution in [1.82, 2.24) is 10.2 Å². The molecule has 2 aromatic carbocycles. The minimum atomic E-state index is -4.55. The van der Waals surface area contributed by atoms with E-state index in [1.54, 1.807) is 24.3 Å². The highest BCUT2D eigenvalue weighted by Crippen LogP contribution is 2.48. The van der Waals surface area contributed by atoms with Gasteiger partial charge in [0.15, 0.2) is 6.10 Å². The number of anilines is 1. The quantitative estimate of drug-likeness (QED) is 0.646. The summed E-state index contributed by atoms with van der Waals surface area (Å²) in [5, 5.41) is 1.55. The molecule has 3 rings (SSSR count). The third-order valence-corrected chi connectivity index (χ3v) is 6.62. The largest absolute Gasteiger partial charge is 0.497 e. The summed E-state index contributed by atoms with van der Waals surface area (Å²) in [5.74, 6) is 0.0575. The van der Waals surface area contributed by atoms with Crippen molar-refractivity contribution in [1.29, 1.82) is 0 Å². The molecule has 34 heavy (non-hydrogen) atoms. The van der Waals surface area contributed by atoms with Gasteiger partial charge in [-0.15, -0.1) is 11.8 Å². The van der Waals surface area contributed by atoms with Crippen LogP contribution in [0.1, 0.15) is 16.4 Å². The molecule has 0 aliphatic carbocycles. The van der Waals surface area contributed by atoms with E-state index >= 15 is 0 Å². The summed E-state index contributed by atoms with van der Waals surface area (Å²) in [6.45, 7) is 0.657. The van der Waals surface area contributed by atoms with Crippen molar-refractivity contribution in [2.75, 3.05) is 46.2 Å². The van der Waals surface area contributed by atoms with E-state index in [0.717, 1.165) is 23.9 Å². The van der Waals surface area contributed by atoms with Crippen LogP contribution in [0.4, 0.5) is 23.7 Å². The zero-order valence-electron chi connectivity index (χ0n) is 19.2. The van der Waals surface area contributed by atoms with Crippen LogP contribution in [0.25, 0.3) is 0 Å². The molecule has 11 heteroatoms. The molecule has 1 aliphatic heterocycles. The Hall–Kier alpha value is -2.92. The lowest BCUT2D eigenvalue weighted by Crippen LogP contribution is -2.46. The van der Waals surface area contributed by atoms with E-state index < -0.39 is 35.1 Å². The molecule has 0 bridgehead atoms. The van der Waals surface area contributed by atoms with Crippen LogP contribution in [0, 0.1) is 0 Å². The lowest BCUT2D eigenvalue weighted by Gasteiger charge is -2.28. The normalized spacial score (nSPS) is 18.4. The number of methoxy groups -OCH3 is 1. The maximum absolute atomic E-state index is 13.7. The smallest absolute Gasteiger partial charge is 0.416 e. The summed E-state index contributed by atoms with van der Waals surface area (Å²) in [7, 11) is 6.52. The Labute approximate surface area is 200 Å². The number of amides is 2. The van der Waals surface area contributed by atoms with Crippen LogP contribution in [0.3, 0.4) is 0 Å². The molecule has 1 aliphatic rings. The molecule has 0 aromatic heterocycles. The first-order valence-corrected chi connectivity index (χ1v) is 11.3. The second-order valence-corrected chi connectivity index (χ2v) is 9.04. The number of thioether (sulfide) groups is 1.